The molecule has 0 heterocycles. The summed E-state index contributed by atoms with van der Waals surface area (Å²) < 4.78 is 5.15. The smallest absolute Gasteiger partial charge is 0.160 e. The quantitative estimate of drug-likeness (QED) is 0.838. The molecule has 0 aliphatic rings. The molecule has 102 valence electrons. The molecule has 0 amide bonds. The number of methoxy groups -OCH3 is 1. The maximum atomic E-state index is 9.61. The van der Waals surface area contributed by atoms with Gasteiger partial charge in [-0.1, -0.05) is 19.4 Å². The Morgan fingerprint density at radius 3 is 2.56 bits per heavy atom. The van der Waals surface area contributed by atoms with E-state index in [4.69, 9.17) is 4.74 Å². The van der Waals surface area contributed by atoms with E-state index >= 15 is 0 Å². The summed E-state index contributed by atoms with van der Waals surface area (Å²) in [6.45, 7) is 6.63. The molecule has 0 radical (unpaired) electrons. The number of benzene rings is 1. The van der Waals surface area contributed by atoms with E-state index in [0.29, 0.717) is 17.8 Å². The van der Waals surface area contributed by atoms with Crippen LogP contribution in [0.4, 0.5) is 0 Å². The lowest BCUT2D eigenvalue weighted by Gasteiger charge is -2.31. The molecule has 1 aromatic carbocycles. The summed E-state index contributed by atoms with van der Waals surface area (Å²) in [6.07, 6.45) is 2.38. The highest BCUT2D eigenvalue weighted by molar-refractivity contribution is 5.42. The van der Waals surface area contributed by atoms with Gasteiger partial charge in [0.2, 0.25) is 0 Å². The zero-order valence-corrected chi connectivity index (χ0v) is 12.1. The van der Waals surface area contributed by atoms with Gasteiger partial charge in [0, 0.05) is 12.1 Å². The van der Waals surface area contributed by atoms with Gasteiger partial charge in [0.1, 0.15) is 0 Å². The number of phenols is 1. The van der Waals surface area contributed by atoms with E-state index in [1.807, 2.05) is 12.1 Å². The van der Waals surface area contributed by atoms with Gasteiger partial charge in [-0.05, 0) is 45.0 Å². The lowest BCUT2D eigenvalue weighted by molar-refractivity contribution is 0.187. The van der Waals surface area contributed by atoms with Crippen LogP contribution in [0.25, 0.3) is 0 Å². The van der Waals surface area contributed by atoms with Crippen molar-refractivity contribution in [2.24, 2.45) is 0 Å². The lowest BCUT2D eigenvalue weighted by atomic mass is 10.0. The standard InChI is InChI=1S/C15H25NO2/c1-6-7-11(2)16(4)12(3)13-8-9-14(17)15(10-13)18-5/h8-12,17H,6-7H2,1-5H3. The number of hydrogen-bond acceptors (Lipinski definition) is 3. The van der Waals surface area contributed by atoms with Crippen molar-refractivity contribution in [3.8, 4) is 11.5 Å². The van der Waals surface area contributed by atoms with Gasteiger partial charge in [0.05, 0.1) is 7.11 Å². The van der Waals surface area contributed by atoms with Crippen molar-refractivity contribution in [2.75, 3.05) is 14.2 Å². The molecule has 18 heavy (non-hydrogen) atoms. The SMILES string of the molecule is CCCC(C)N(C)C(C)c1ccc(O)c(OC)c1. The van der Waals surface area contributed by atoms with E-state index in [0.717, 1.165) is 5.56 Å². The molecule has 0 aromatic heterocycles. The number of rotatable bonds is 6. The topological polar surface area (TPSA) is 32.7 Å². The molecule has 3 heteroatoms. The van der Waals surface area contributed by atoms with Crippen molar-refractivity contribution in [1.29, 1.82) is 0 Å². The van der Waals surface area contributed by atoms with Crippen LogP contribution >= 0.6 is 0 Å². The lowest BCUT2D eigenvalue weighted by Crippen LogP contribution is -2.31. The first-order valence-electron chi connectivity index (χ1n) is 6.60. The molecule has 2 unspecified atom stereocenters. The minimum Gasteiger partial charge on any atom is -0.504 e. The van der Waals surface area contributed by atoms with Gasteiger partial charge in [0.25, 0.3) is 0 Å². The predicted molar refractivity (Wildman–Crippen MR) is 75.2 cm³/mol. The summed E-state index contributed by atoms with van der Waals surface area (Å²) >= 11 is 0. The molecule has 2 atom stereocenters. The fourth-order valence-electron chi connectivity index (χ4n) is 2.19. The van der Waals surface area contributed by atoms with Crippen LogP contribution in [0.1, 0.15) is 45.2 Å². The molecule has 1 rings (SSSR count). The van der Waals surface area contributed by atoms with Crippen LogP contribution in [0.15, 0.2) is 18.2 Å². The van der Waals surface area contributed by atoms with Crippen molar-refractivity contribution in [1.82, 2.24) is 4.90 Å². The normalized spacial score (nSPS) is 14.6. The van der Waals surface area contributed by atoms with Gasteiger partial charge in [-0.25, -0.2) is 0 Å². The van der Waals surface area contributed by atoms with E-state index < -0.39 is 0 Å². The zero-order chi connectivity index (χ0) is 13.7. The highest BCUT2D eigenvalue weighted by atomic mass is 16.5. The second-order valence-corrected chi connectivity index (χ2v) is 4.91. The second-order valence-electron chi connectivity index (χ2n) is 4.91. The van der Waals surface area contributed by atoms with Gasteiger partial charge in [-0.15, -0.1) is 0 Å². The molecule has 0 bridgehead atoms. The van der Waals surface area contributed by atoms with Crippen molar-refractivity contribution in [3.63, 3.8) is 0 Å². The average molecular weight is 251 g/mol. The summed E-state index contributed by atoms with van der Waals surface area (Å²) in [4.78, 5) is 2.36. The summed E-state index contributed by atoms with van der Waals surface area (Å²) in [6, 6.07) is 6.42. The highest BCUT2D eigenvalue weighted by Gasteiger charge is 2.17. The largest absolute Gasteiger partial charge is 0.504 e. The zero-order valence-electron chi connectivity index (χ0n) is 12.1. The Morgan fingerprint density at radius 1 is 1.33 bits per heavy atom. The van der Waals surface area contributed by atoms with Crippen LogP contribution in [0.5, 0.6) is 11.5 Å². The molecule has 1 aromatic rings. The molecule has 3 nitrogen and oxygen atoms in total. The number of ether oxygens (including phenoxy) is 1. The van der Waals surface area contributed by atoms with E-state index in [-0.39, 0.29) is 5.75 Å². The summed E-state index contributed by atoms with van der Waals surface area (Å²) in [7, 11) is 3.72. The van der Waals surface area contributed by atoms with Crippen LogP contribution in [-0.2, 0) is 0 Å². The first-order chi connectivity index (χ1) is 8.51. The minimum absolute atomic E-state index is 0.192. The Kier molecular flexibility index (Phi) is 5.48. The fraction of sp³-hybridized carbons (Fsp3) is 0.600. The molecule has 0 saturated carbocycles. The first kappa shape index (κ1) is 14.8. The van der Waals surface area contributed by atoms with E-state index in [9.17, 15) is 5.11 Å². The molecule has 0 aliphatic carbocycles. The molecule has 0 saturated heterocycles. The van der Waals surface area contributed by atoms with Crippen LogP contribution in [0.3, 0.4) is 0 Å². The van der Waals surface area contributed by atoms with E-state index in [2.05, 4.69) is 32.7 Å². The molecule has 1 N–H and O–H groups in total. The maximum Gasteiger partial charge on any atom is 0.160 e. The van der Waals surface area contributed by atoms with Crippen molar-refractivity contribution in [2.45, 2.75) is 45.7 Å². The van der Waals surface area contributed by atoms with Crippen molar-refractivity contribution < 1.29 is 9.84 Å². The Labute approximate surface area is 110 Å². The monoisotopic (exact) mass is 251 g/mol. The van der Waals surface area contributed by atoms with E-state index in [1.165, 1.54) is 12.8 Å². The number of hydrogen-bond donors (Lipinski definition) is 1. The van der Waals surface area contributed by atoms with Crippen LogP contribution in [0.2, 0.25) is 0 Å². The Balaban J connectivity index is 2.86. The second kappa shape index (κ2) is 6.64. The molecular formula is C15H25NO2. The van der Waals surface area contributed by atoms with Crippen molar-refractivity contribution in [3.05, 3.63) is 23.8 Å². The van der Waals surface area contributed by atoms with Crippen LogP contribution in [0, 0.1) is 0 Å². The predicted octanol–water partition coefficient (Wildman–Crippen LogP) is 3.58. The Morgan fingerprint density at radius 2 is 2.00 bits per heavy atom. The Bertz CT molecular complexity index is 379. The van der Waals surface area contributed by atoms with Gasteiger partial charge in [-0.3, -0.25) is 4.90 Å². The minimum atomic E-state index is 0.192. The summed E-state index contributed by atoms with van der Waals surface area (Å²) in [5.41, 5.74) is 1.16. The maximum absolute atomic E-state index is 9.61. The van der Waals surface area contributed by atoms with Crippen molar-refractivity contribution >= 4 is 0 Å². The highest BCUT2D eigenvalue weighted by Crippen LogP contribution is 2.31. The fourth-order valence-corrected chi connectivity index (χ4v) is 2.19. The molecule has 0 fully saturated rings. The van der Waals surface area contributed by atoms with Crippen LogP contribution < -0.4 is 4.74 Å². The summed E-state index contributed by atoms with van der Waals surface area (Å²) in [5, 5.41) is 9.61. The molecule has 0 aliphatic heterocycles. The Hall–Kier alpha value is -1.22. The number of aromatic hydroxyl groups is 1. The number of nitrogens with zero attached hydrogens (tertiary/aromatic N) is 1. The third kappa shape index (κ3) is 3.39. The average Bonchev–Trinajstić information content (AvgIpc) is 2.38. The van der Waals surface area contributed by atoms with Crippen LogP contribution in [-0.4, -0.2) is 30.2 Å². The number of phenolic OH excluding ortho intramolecular Hbond substituents is 1. The van der Waals surface area contributed by atoms with Gasteiger partial charge >= 0.3 is 0 Å². The van der Waals surface area contributed by atoms with Gasteiger partial charge < -0.3 is 9.84 Å². The van der Waals surface area contributed by atoms with Gasteiger partial charge in [-0.2, -0.15) is 0 Å². The summed E-state index contributed by atoms with van der Waals surface area (Å²) in [5.74, 6) is 0.730. The molecule has 0 spiro atoms. The molecular weight excluding hydrogens is 226 g/mol. The third-order valence-electron chi connectivity index (χ3n) is 3.70. The van der Waals surface area contributed by atoms with E-state index in [1.54, 1.807) is 13.2 Å². The third-order valence-corrected chi connectivity index (χ3v) is 3.70. The first-order valence-corrected chi connectivity index (χ1v) is 6.60. The van der Waals surface area contributed by atoms with Gasteiger partial charge in [0.15, 0.2) is 11.5 Å².